The lowest BCUT2D eigenvalue weighted by atomic mass is 9.85. The minimum atomic E-state index is -0.974. The SMILES string of the molecule is CCC1CCCCC1Oc1ccc(C(=O)O)cc1Cl. The molecule has 2 atom stereocenters. The van der Waals surface area contributed by atoms with Gasteiger partial charge in [-0.15, -0.1) is 0 Å². The van der Waals surface area contributed by atoms with Crippen molar-refractivity contribution in [3.8, 4) is 5.75 Å². The van der Waals surface area contributed by atoms with E-state index in [0.717, 1.165) is 12.8 Å². The summed E-state index contributed by atoms with van der Waals surface area (Å²) in [5, 5.41) is 9.28. The van der Waals surface area contributed by atoms with Crippen LogP contribution in [-0.2, 0) is 0 Å². The fourth-order valence-electron chi connectivity index (χ4n) is 2.69. The lowest BCUT2D eigenvalue weighted by molar-refractivity contribution is 0.0696. The Morgan fingerprint density at radius 2 is 2.16 bits per heavy atom. The molecule has 0 saturated heterocycles. The summed E-state index contributed by atoms with van der Waals surface area (Å²) in [6, 6.07) is 4.64. The summed E-state index contributed by atoms with van der Waals surface area (Å²) in [7, 11) is 0. The van der Waals surface area contributed by atoms with Crippen molar-refractivity contribution in [1.29, 1.82) is 0 Å². The molecule has 1 aliphatic carbocycles. The molecule has 1 fully saturated rings. The van der Waals surface area contributed by atoms with E-state index in [9.17, 15) is 4.79 Å². The molecule has 0 radical (unpaired) electrons. The average molecular weight is 283 g/mol. The molecule has 3 nitrogen and oxygen atoms in total. The van der Waals surface area contributed by atoms with Gasteiger partial charge in [-0.3, -0.25) is 0 Å². The van der Waals surface area contributed by atoms with Crippen LogP contribution in [0.15, 0.2) is 18.2 Å². The second-order valence-electron chi connectivity index (χ2n) is 5.06. The smallest absolute Gasteiger partial charge is 0.335 e. The number of aromatic carboxylic acids is 1. The number of halogens is 1. The fourth-order valence-corrected chi connectivity index (χ4v) is 2.91. The third kappa shape index (κ3) is 3.41. The van der Waals surface area contributed by atoms with E-state index in [1.165, 1.54) is 31.4 Å². The molecule has 2 unspecified atom stereocenters. The molecule has 0 heterocycles. The minimum Gasteiger partial charge on any atom is -0.489 e. The highest BCUT2D eigenvalue weighted by atomic mass is 35.5. The van der Waals surface area contributed by atoms with Gasteiger partial charge in [-0.05, 0) is 49.8 Å². The molecule has 4 heteroatoms. The zero-order valence-corrected chi connectivity index (χ0v) is 11.8. The maximum Gasteiger partial charge on any atom is 0.335 e. The normalized spacial score (nSPS) is 23.1. The van der Waals surface area contributed by atoms with Gasteiger partial charge in [0.2, 0.25) is 0 Å². The van der Waals surface area contributed by atoms with Crippen LogP contribution >= 0.6 is 11.6 Å². The molecule has 0 amide bonds. The van der Waals surface area contributed by atoms with Gasteiger partial charge in [0.25, 0.3) is 0 Å². The van der Waals surface area contributed by atoms with Crippen LogP contribution in [0, 0.1) is 5.92 Å². The molecule has 1 aromatic rings. The van der Waals surface area contributed by atoms with Crippen LogP contribution in [0.3, 0.4) is 0 Å². The van der Waals surface area contributed by atoms with Gasteiger partial charge in [-0.1, -0.05) is 24.9 Å². The van der Waals surface area contributed by atoms with Crippen molar-refractivity contribution in [2.45, 2.75) is 45.1 Å². The molecule has 0 spiro atoms. The van der Waals surface area contributed by atoms with Crippen LogP contribution in [0.2, 0.25) is 5.02 Å². The van der Waals surface area contributed by atoms with Crippen LogP contribution in [0.4, 0.5) is 0 Å². The van der Waals surface area contributed by atoms with Gasteiger partial charge in [0.05, 0.1) is 10.6 Å². The number of rotatable bonds is 4. The number of carboxylic acid groups (broad SMARTS) is 1. The lowest BCUT2D eigenvalue weighted by Gasteiger charge is -2.31. The molecule has 104 valence electrons. The van der Waals surface area contributed by atoms with Gasteiger partial charge in [-0.25, -0.2) is 4.79 Å². The Bertz CT molecular complexity index is 459. The molecule has 1 N–H and O–H groups in total. The van der Waals surface area contributed by atoms with Crippen LogP contribution in [0.5, 0.6) is 5.75 Å². The van der Waals surface area contributed by atoms with Crippen molar-refractivity contribution in [2.75, 3.05) is 0 Å². The number of benzene rings is 1. The number of ether oxygens (including phenoxy) is 1. The first-order valence-corrected chi connectivity index (χ1v) is 7.19. The van der Waals surface area contributed by atoms with Crippen molar-refractivity contribution >= 4 is 17.6 Å². The Hall–Kier alpha value is -1.22. The van der Waals surface area contributed by atoms with E-state index in [-0.39, 0.29) is 11.7 Å². The largest absolute Gasteiger partial charge is 0.489 e. The van der Waals surface area contributed by atoms with E-state index < -0.39 is 5.97 Å². The Balaban J connectivity index is 2.11. The summed E-state index contributed by atoms with van der Waals surface area (Å²) in [6.07, 6.45) is 6.01. The molecule has 1 aliphatic rings. The summed E-state index contributed by atoms with van der Waals surface area (Å²) < 4.78 is 6.00. The number of carbonyl (C=O) groups is 1. The second-order valence-corrected chi connectivity index (χ2v) is 5.47. The Morgan fingerprint density at radius 1 is 1.42 bits per heavy atom. The van der Waals surface area contributed by atoms with Crippen molar-refractivity contribution in [1.82, 2.24) is 0 Å². The van der Waals surface area contributed by atoms with Crippen molar-refractivity contribution in [2.24, 2.45) is 5.92 Å². The third-order valence-corrected chi connectivity index (χ3v) is 4.12. The van der Waals surface area contributed by atoms with Gasteiger partial charge in [-0.2, -0.15) is 0 Å². The summed E-state index contributed by atoms with van der Waals surface area (Å²) in [5.41, 5.74) is 0.188. The quantitative estimate of drug-likeness (QED) is 0.891. The molecule has 2 rings (SSSR count). The Kier molecular flexibility index (Phi) is 4.70. The predicted octanol–water partition coefficient (Wildman–Crippen LogP) is 4.39. The zero-order valence-electron chi connectivity index (χ0n) is 11.1. The highest BCUT2D eigenvalue weighted by Gasteiger charge is 2.25. The van der Waals surface area contributed by atoms with E-state index >= 15 is 0 Å². The predicted molar refractivity (Wildman–Crippen MR) is 75.1 cm³/mol. The molecule has 0 bridgehead atoms. The summed E-state index contributed by atoms with van der Waals surface area (Å²) in [6.45, 7) is 2.18. The van der Waals surface area contributed by atoms with Gasteiger partial charge in [0, 0.05) is 0 Å². The van der Waals surface area contributed by atoms with E-state index in [0.29, 0.717) is 16.7 Å². The topological polar surface area (TPSA) is 46.5 Å². The van der Waals surface area contributed by atoms with Crippen molar-refractivity contribution in [3.63, 3.8) is 0 Å². The van der Waals surface area contributed by atoms with Crippen LogP contribution < -0.4 is 4.74 Å². The van der Waals surface area contributed by atoms with E-state index in [1.54, 1.807) is 6.07 Å². The van der Waals surface area contributed by atoms with E-state index in [2.05, 4.69) is 6.92 Å². The first-order valence-electron chi connectivity index (χ1n) is 6.81. The van der Waals surface area contributed by atoms with Gasteiger partial charge >= 0.3 is 5.97 Å². The fraction of sp³-hybridized carbons (Fsp3) is 0.533. The standard InChI is InChI=1S/C15H19ClO3/c1-2-10-5-3-4-6-13(10)19-14-8-7-11(15(17)18)9-12(14)16/h7-10,13H,2-6H2,1H3,(H,17,18). The average Bonchev–Trinajstić information content (AvgIpc) is 2.41. The second kappa shape index (κ2) is 6.29. The van der Waals surface area contributed by atoms with Crippen molar-refractivity contribution in [3.05, 3.63) is 28.8 Å². The van der Waals surface area contributed by atoms with Gasteiger partial charge in [0.15, 0.2) is 0 Å². The van der Waals surface area contributed by atoms with E-state index in [4.69, 9.17) is 21.4 Å². The third-order valence-electron chi connectivity index (χ3n) is 3.82. The van der Waals surface area contributed by atoms with Gasteiger partial charge < -0.3 is 9.84 Å². The van der Waals surface area contributed by atoms with Crippen LogP contribution in [0.1, 0.15) is 49.4 Å². The first-order chi connectivity index (χ1) is 9.11. The number of carboxylic acids is 1. The monoisotopic (exact) mass is 282 g/mol. The summed E-state index contributed by atoms with van der Waals surface area (Å²) in [4.78, 5) is 10.9. The van der Waals surface area contributed by atoms with E-state index in [1.807, 2.05) is 0 Å². The molecular weight excluding hydrogens is 264 g/mol. The van der Waals surface area contributed by atoms with Crippen LogP contribution in [-0.4, -0.2) is 17.2 Å². The number of hydrogen-bond donors (Lipinski definition) is 1. The highest BCUT2D eigenvalue weighted by molar-refractivity contribution is 6.32. The molecule has 1 saturated carbocycles. The summed E-state index contributed by atoms with van der Waals surface area (Å²) in [5.74, 6) is 0.193. The van der Waals surface area contributed by atoms with Crippen LogP contribution in [0.25, 0.3) is 0 Å². The highest BCUT2D eigenvalue weighted by Crippen LogP contribution is 2.33. The minimum absolute atomic E-state index is 0.188. The maximum absolute atomic E-state index is 10.9. The Labute approximate surface area is 118 Å². The summed E-state index contributed by atoms with van der Waals surface area (Å²) >= 11 is 6.10. The zero-order chi connectivity index (χ0) is 13.8. The Morgan fingerprint density at radius 3 is 2.79 bits per heavy atom. The van der Waals surface area contributed by atoms with Crippen molar-refractivity contribution < 1.29 is 14.6 Å². The molecule has 0 aliphatic heterocycles. The molecule has 1 aromatic carbocycles. The lowest BCUT2D eigenvalue weighted by Crippen LogP contribution is -2.30. The molecule has 0 aromatic heterocycles. The molecule has 19 heavy (non-hydrogen) atoms. The van der Waals surface area contributed by atoms with Gasteiger partial charge in [0.1, 0.15) is 11.9 Å². The number of hydrogen-bond acceptors (Lipinski definition) is 2. The first kappa shape index (κ1) is 14.2. The maximum atomic E-state index is 10.9. The molecular formula is C15H19ClO3.